The number of ether oxygens (including phenoxy) is 1. The highest BCUT2D eigenvalue weighted by Gasteiger charge is 2.29. The lowest BCUT2D eigenvalue weighted by Gasteiger charge is -2.32. The molecule has 3 heteroatoms. The van der Waals surface area contributed by atoms with E-state index in [2.05, 4.69) is 0 Å². The minimum atomic E-state index is -0.436. The summed E-state index contributed by atoms with van der Waals surface area (Å²) in [5.41, 5.74) is 1.11. The summed E-state index contributed by atoms with van der Waals surface area (Å²) in [7, 11) is 1.71. The van der Waals surface area contributed by atoms with Gasteiger partial charge in [0.05, 0.1) is 12.2 Å². The number of aliphatic hydroxyl groups excluding tert-OH is 1. The van der Waals surface area contributed by atoms with Gasteiger partial charge in [-0.15, -0.1) is 0 Å². The van der Waals surface area contributed by atoms with Gasteiger partial charge in [0.25, 0.3) is 0 Å². The molecule has 1 fully saturated rings. The van der Waals surface area contributed by atoms with Crippen molar-refractivity contribution in [3.63, 3.8) is 0 Å². The summed E-state index contributed by atoms with van der Waals surface area (Å²) in [5.74, 6) is 0.501. The van der Waals surface area contributed by atoms with E-state index in [1.807, 2.05) is 24.3 Å². The lowest BCUT2D eigenvalue weighted by atomic mass is 9.82. The summed E-state index contributed by atoms with van der Waals surface area (Å²) in [6, 6.07) is 7.68. The average Bonchev–Trinajstić information content (AvgIpc) is 2.43. The summed E-state index contributed by atoms with van der Waals surface area (Å²) >= 11 is 5.87. The zero-order valence-corrected chi connectivity index (χ0v) is 12.3. The van der Waals surface area contributed by atoms with E-state index < -0.39 is 6.10 Å². The number of halogens is 1. The van der Waals surface area contributed by atoms with Crippen LogP contribution in [-0.2, 0) is 11.2 Å². The predicted octanol–water partition coefficient (Wildman–Crippen LogP) is 3.84. The Morgan fingerprint density at radius 1 is 1.21 bits per heavy atom. The van der Waals surface area contributed by atoms with Gasteiger partial charge in [-0.2, -0.15) is 0 Å². The van der Waals surface area contributed by atoms with Gasteiger partial charge in [0.1, 0.15) is 0 Å². The average molecular weight is 283 g/mol. The smallest absolute Gasteiger partial charge is 0.0861 e. The van der Waals surface area contributed by atoms with Crippen molar-refractivity contribution in [2.24, 2.45) is 5.92 Å². The van der Waals surface area contributed by atoms with Crippen LogP contribution < -0.4 is 0 Å². The van der Waals surface area contributed by atoms with Crippen LogP contribution in [0.4, 0.5) is 0 Å². The molecule has 1 N–H and O–H groups in total. The maximum absolute atomic E-state index is 10.4. The SMILES string of the molecule is COC(C(O)Cc1ccc(Cl)cc1)C1CCCCC1. The van der Waals surface area contributed by atoms with Crippen molar-refractivity contribution in [3.05, 3.63) is 34.9 Å². The Bertz CT molecular complexity index is 371. The highest BCUT2D eigenvalue weighted by Crippen LogP contribution is 2.30. The fourth-order valence-corrected chi connectivity index (χ4v) is 3.23. The Balaban J connectivity index is 1.95. The number of hydrogen-bond donors (Lipinski definition) is 1. The lowest BCUT2D eigenvalue weighted by molar-refractivity contribution is -0.0535. The van der Waals surface area contributed by atoms with Crippen molar-refractivity contribution in [1.29, 1.82) is 0 Å². The summed E-state index contributed by atoms with van der Waals surface area (Å²) in [6.45, 7) is 0. The van der Waals surface area contributed by atoms with Crippen LogP contribution in [0.2, 0.25) is 5.02 Å². The van der Waals surface area contributed by atoms with E-state index in [-0.39, 0.29) is 6.10 Å². The molecule has 1 aliphatic carbocycles. The molecular weight excluding hydrogens is 260 g/mol. The second kappa shape index (κ2) is 7.28. The van der Waals surface area contributed by atoms with E-state index in [4.69, 9.17) is 16.3 Å². The molecule has 2 unspecified atom stereocenters. The summed E-state index contributed by atoms with van der Waals surface area (Å²) < 4.78 is 5.57. The van der Waals surface area contributed by atoms with Crippen LogP contribution in [0.3, 0.4) is 0 Å². The van der Waals surface area contributed by atoms with Crippen LogP contribution in [0.15, 0.2) is 24.3 Å². The monoisotopic (exact) mass is 282 g/mol. The van der Waals surface area contributed by atoms with Crippen molar-refractivity contribution < 1.29 is 9.84 Å². The van der Waals surface area contributed by atoms with E-state index in [1.54, 1.807) is 7.11 Å². The first-order valence-electron chi connectivity index (χ1n) is 7.16. The van der Waals surface area contributed by atoms with Crippen molar-refractivity contribution in [2.75, 3.05) is 7.11 Å². The number of rotatable bonds is 5. The molecule has 0 bridgehead atoms. The lowest BCUT2D eigenvalue weighted by Crippen LogP contribution is -2.37. The van der Waals surface area contributed by atoms with Gasteiger partial charge < -0.3 is 9.84 Å². The molecule has 1 aromatic rings. The second-order valence-electron chi connectivity index (χ2n) is 5.50. The van der Waals surface area contributed by atoms with E-state index in [0.717, 1.165) is 10.6 Å². The van der Waals surface area contributed by atoms with Gasteiger partial charge in [-0.3, -0.25) is 0 Å². The molecule has 2 rings (SSSR count). The molecule has 0 spiro atoms. The highest BCUT2D eigenvalue weighted by atomic mass is 35.5. The van der Waals surface area contributed by atoms with Crippen molar-refractivity contribution in [2.45, 2.75) is 50.7 Å². The zero-order valence-electron chi connectivity index (χ0n) is 11.5. The topological polar surface area (TPSA) is 29.5 Å². The van der Waals surface area contributed by atoms with E-state index >= 15 is 0 Å². The molecule has 19 heavy (non-hydrogen) atoms. The normalized spacial score (nSPS) is 20.2. The third-order valence-electron chi connectivity index (χ3n) is 4.12. The first-order valence-corrected chi connectivity index (χ1v) is 7.54. The first-order chi connectivity index (χ1) is 9.20. The Morgan fingerprint density at radius 2 is 1.84 bits per heavy atom. The third kappa shape index (κ3) is 4.20. The standard InChI is InChI=1S/C16H23ClO2/c1-19-16(13-5-3-2-4-6-13)15(18)11-12-7-9-14(17)10-8-12/h7-10,13,15-16,18H,2-6,11H2,1H3. The summed E-state index contributed by atoms with van der Waals surface area (Å²) in [5, 5.41) is 11.2. The molecule has 0 radical (unpaired) electrons. The quantitative estimate of drug-likeness (QED) is 0.889. The maximum atomic E-state index is 10.4. The molecule has 1 aliphatic rings. The van der Waals surface area contributed by atoms with Gasteiger partial charge in [-0.05, 0) is 36.5 Å². The molecule has 1 aromatic carbocycles. The predicted molar refractivity (Wildman–Crippen MR) is 78.5 cm³/mol. The number of benzene rings is 1. The molecule has 0 heterocycles. The molecule has 0 amide bonds. The van der Waals surface area contributed by atoms with E-state index in [1.165, 1.54) is 32.1 Å². The van der Waals surface area contributed by atoms with Crippen molar-refractivity contribution in [1.82, 2.24) is 0 Å². The molecule has 0 saturated heterocycles. The Hall–Kier alpha value is -0.570. The fourth-order valence-electron chi connectivity index (χ4n) is 3.10. The van der Waals surface area contributed by atoms with Gasteiger partial charge in [0.15, 0.2) is 0 Å². The number of aliphatic hydroxyl groups is 1. The van der Waals surface area contributed by atoms with Crippen molar-refractivity contribution >= 4 is 11.6 Å². The van der Waals surface area contributed by atoms with Gasteiger partial charge in [-0.25, -0.2) is 0 Å². The fraction of sp³-hybridized carbons (Fsp3) is 0.625. The molecule has 2 atom stereocenters. The molecule has 2 nitrogen and oxygen atoms in total. The number of hydrogen-bond acceptors (Lipinski definition) is 2. The number of methoxy groups -OCH3 is 1. The van der Waals surface area contributed by atoms with Crippen LogP contribution in [-0.4, -0.2) is 24.4 Å². The van der Waals surface area contributed by atoms with Crippen LogP contribution in [0, 0.1) is 5.92 Å². The molecule has 0 aromatic heterocycles. The summed E-state index contributed by atoms with van der Waals surface area (Å²) in [6.07, 6.45) is 6.35. The highest BCUT2D eigenvalue weighted by molar-refractivity contribution is 6.30. The molecule has 0 aliphatic heterocycles. The molecular formula is C16H23ClO2. The van der Waals surface area contributed by atoms with Gasteiger partial charge in [0.2, 0.25) is 0 Å². The largest absolute Gasteiger partial charge is 0.390 e. The Morgan fingerprint density at radius 3 is 2.42 bits per heavy atom. The third-order valence-corrected chi connectivity index (χ3v) is 4.38. The van der Waals surface area contributed by atoms with Crippen LogP contribution in [0.5, 0.6) is 0 Å². The van der Waals surface area contributed by atoms with Crippen LogP contribution in [0.1, 0.15) is 37.7 Å². The van der Waals surface area contributed by atoms with Gasteiger partial charge in [-0.1, -0.05) is 43.0 Å². The maximum Gasteiger partial charge on any atom is 0.0861 e. The summed E-state index contributed by atoms with van der Waals surface area (Å²) in [4.78, 5) is 0. The van der Waals surface area contributed by atoms with E-state index in [9.17, 15) is 5.11 Å². The minimum Gasteiger partial charge on any atom is -0.390 e. The first kappa shape index (κ1) is 14.8. The Labute approximate surface area is 120 Å². The minimum absolute atomic E-state index is 0.0454. The second-order valence-corrected chi connectivity index (χ2v) is 5.93. The zero-order chi connectivity index (χ0) is 13.7. The Kier molecular flexibility index (Phi) is 5.68. The van der Waals surface area contributed by atoms with Crippen molar-refractivity contribution in [3.8, 4) is 0 Å². The van der Waals surface area contributed by atoms with Gasteiger partial charge >= 0.3 is 0 Å². The van der Waals surface area contributed by atoms with Crippen LogP contribution >= 0.6 is 11.6 Å². The molecule has 106 valence electrons. The molecule has 1 saturated carbocycles. The van der Waals surface area contributed by atoms with Gasteiger partial charge in [0, 0.05) is 18.6 Å². The van der Waals surface area contributed by atoms with Crippen LogP contribution in [0.25, 0.3) is 0 Å². The van der Waals surface area contributed by atoms with E-state index in [0.29, 0.717) is 12.3 Å².